The van der Waals surface area contributed by atoms with E-state index in [2.05, 4.69) is 44.9 Å². The highest BCUT2D eigenvalue weighted by Crippen LogP contribution is 2.26. The molecule has 138 valence electrons. The molecular formula is C19H25N5O2. The Morgan fingerprint density at radius 3 is 2.85 bits per heavy atom. The first kappa shape index (κ1) is 17.2. The average Bonchev–Trinajstić information content (AvgIpc) is 3.26. The number of H-pyrrole nitrogens is 1. The smallest absolute Gasteiger partial charge is 0.204 e. The Bertz CT molecular complexity index is 866. The van der Waals surface area contributed by atoms with Crippen LogP contribution in [0.1, 0.15) is 37.1 Å². The van der Waals surface area contributed by atoms with Gasteiger partial charge in [0.25, 0.3) is 0 Å². The lowest BCUT2D eigenvalue weighted by Gasteiger charge is -2.24. The number of rotatable bonds is 7. The highest BCUT2D eigenvalue weighted by atomic mass is 16.7. The highest BCUT2D eigenvalue weighted by Gasteiger charge is 2.23. The van der Waals surface area contributed by atoms with E-state index in [1.807, 2.05) is 24.7 Å². The van der Waals surface area contributed by atoms with Crippen molar-refractivity contribution in [3.63, 3.8) is 0 Å². The van der Waals surface area contributed by atoms with Crippen LogP contribution in [0.4, 0.5) is 0 Å². The number of ether oxygens (including phenoxy) is 2. The topological polar surface area (TPSA) is 77.0 Å². The maximum absolute atomic E-state index is 5.60. The van der Waals surface area contributed by atoms with Crippen LogP contribution in [-0.4, -0.2) is 39.2 Å². The quantitative estimate of drug-likeness (QED) is 0.637. The number of aromatic nitrogens is 4. The second-order valence-electron chi connectivity index (χ2n) is 6.52. The van der Waals surface area contributed by atoms with Crippen LogP contribution >= 0.6 is 0 Å². The second kappa shape index (κ2) is 7.57. The van der Waals surface area contributed by atoms with Crippen LogP contribution in [0.5, 0.6) is 0 Å². The van der Waals surface area contributed by atoms with E-state index in [0.717, 1.165) is 25.2 Å². The molecule has 0 amide bonds. The Kier molecular flexibility index (Phi) is 5.01. The molecule has 4 rings (SSSR count). The Hall–Kier alpha value is -2.22. The third-order valence-corrected chi connectivity index (χ3v) is 4.76. The van der Waals surface area contributed by atoms with E-state index in [-0.39, 0.29) is 0 Å². The molecular weight excluding hydrogens is 330 g/mol. The van der Waals surface area contributed by atoms with Crippen LogP contribution in [0.2, 0.25) is 0 Å². The van der Waals surface area contributed by atoms with Gasteiger partial charge in [0.1, 0.15) is 5.69 Å². The fourth-order valence-electron chi connectivity index (χ4n) is 3.59. The molecule has 2 aromatic heterocycles. The first-order chi connectivity index (χ1) is 12.8. The molecule has 0 bridgehead atoms. The number of hydrogen-bond donors (Lipinski definition) is 2. The van der Waals surface area contributed by atoms with Crippen LogP contribution in [-0.2, 0) is 29.0 Å². The normalized spacial score (nSPS) is 17.1. The molecule has 0 unspecified atom stereocenters. The van der Waals surface area contributed by atoms with E-state index in [9.17, 15) is 0 Å². The zero-order valence-corrected chi connectivity index (χ0v) is 15.2. The van der Waals surface area contributed by atoms with Gasteiger partial charge in [0.15, 0.2) is 0 Å². The summed E-state index contributed by atoms with van der Waals surface area (Å²) >= 11 is 0. The summed E-state index contributed by atoms with van der Waals surface area (Å²) in [5.41, 5.74) is 4.62. The van der Waals surface area contributed by atoms with Crippen LogP contribution in [0.3, 0.4) is 0 Å². The third kappa shape index (κ3) is 3.38. The Morgan fingerprint density at radius 1 is 1.23 bits per heavy atom. The molecule has 7 heteroatoms. The summed E-state index contributed by atoms with van der Waals surface area (Å²) in [6.07, 6.45) is 2.44. The molecule has 0 fully saturated rings. The van der Waals surface area contributed by atoms with Crippen molar-refractivity contribution in [1.82, 2.24) is 25.3 Å². The lowest BCUT2D eigenvalue weighted by atomic mass is 9.98. The monoisotopic (exact) mass is 355 g/mol. The molecule has 2 N–H and O–H groups in total. The van der Waals surface area contributed by atoms with Crippen molar-refractivity contribution in [1.29, 1.82) is 0 Å². The van der Waals surface area contributed by atoms with E-state index in [4.69, 9.17) is 9.47 Å². The molecule has 1 aliphatic heterocycles. The van der Waals surface area contributed by atoms with Crippen molar-refractivity contribution >= 4 is 10.9 Å². The predicted molar refractivity (Wildman–Crippen MR) is 98.6 cm³/mol. The summed E-state index contributed by atoms with van der Waals surface area (Å²) < 4.78 is 13.1. The zero-order chi connectivity index (χ0) is 17.9. The van der Waals surface area contributed by atoms with Gasteiger partial charge < -0.3 is 19.8 Å². The Balaban J connectivity index is 1.47. The first-order valence-electron chi connectivity index (χ1n) is 9.23. The second-order valence-corrected chi connectivity index (χ2v) is 6.52. The van der Waals surface area contributed by atoms with Gasteiger partial charge in [-0.2, -0.15) is 0 Å². The Labute approximate surface area is 152 Å². The zero-order valence-electron chi connectivity index (χ0n) is 15.2. The third-order valence-electron chi connectivity index (χ3n) is 4.76. The van der Waals surface area contributed by atoms with Gasteiger partial charge in [0.2, 0.25) is 6.29 Å². The van der Waals surface area contributed by atoms with Gasteiger partial charge in [-0.05, 0) is 31.9 Å². The van der Waals surface area contributed by atoms with E-state index in [1.54, 1.807) is 0 Å². The summed E-state index contributed by atoms with van der Waals surface area (Å²) in [6, 6.07) is 8.80. The van der Waals surface area contributed by atoms with Crippen molar-refractivity contribution in [3.8, 4) is 0 Å². The van der Waals surface area contributed by atoms with Gasteiger partial charge in [-0.3, -0.25) is 4.68 Å². The fraction of sp³-hybridized carbons (Fsp3) is 0.474. The van der Waals surface area contributed by atoms with E-state index in [1.165, 1.54) is 22.2 Å². The summed E-state index contributed by atoms with van der Waals surface area (Å²) in [5.74, 6) is 0. The number of nitrogens with zero attached hydrogens (tertiary/aromatic N) is 3. The summed E-state index contributed by atoms with van der Waals surface area (Å²) in [4.78, 5) is 3.52. The van der Waals surface area contributed by atoms with Gasteiger partial charge in [-0.15, -0.1) is 5.10 Å². The standard InChI is InChI=1S/C19H25N5O2/c1-3-25-19(26-4-2)18-12-24(23-22-18)11-13-9-15-14-7-5-6-8-16(14)21-17(15)10-20-13/h5-8,12-13,19-21H,3-4,9-11H2,1-2H3/t13-/m0/s1. The molecule has 1 atom stereocenters. The minimum atomic E-state index is -0.446. The van der Waals surface area contributed by atoms with Gasteiger partial charge in [0, 0.05) is 42.4 Å². The first-order valence-corrected chi connectivity index (χ1v) is 9.23. The predicted octanol–water partition coefficient (Wildman–Crippen LogP) is 2.55. The minimum absolute atomic E-state index is 0.314. The summed E-state index contributed by atoms with van der Waals surface area (Å²) in [5, 5.41) is 13.4. The molecule has 0 aliphatic carbocycles. The number of fused-ring (bicyclic) bond motifs is 3. The van der Waals surface area contributed by atoms with Gasteiger partial charge in [-0.25, -0.2) is 0 Å². The van der Waals surface area contributed by atoms with Crippen LogP contribution < -0.4 is 5.32 Å². The van der Waals surface area contributed by atoms with Crippen LogP contribution in [0.15, 0.2) is 30.5 Å². The van der Waals surface area contributed by atoms with Gasteiger partial charge >= 0.3 is 0 Å². The maximum atomic E-state index is 5.60. The molecule has 0 saturated carbocycles. The molecule has 26 heavy (non-hydrogen) atoms. The molecule has 7 nitrogen and oxygen atoms in total. The lowest BCUT2D eigenvalue weighted by molar-refractivity contribution is -0.142. The highest BCUT2D eigenvalue weighted by molar-refractivity contribution is 5.84. The minimum Gasteiger partial charge on any atom is -0.357 e. The van der Waals surface area contributed by atoms with E-state index < -0.39 is 6.29 Å². The number of para-hydroxylation sites is 1. The number of hydrogen-bond acceptors (Lipinski definition) is 5. The summed E-state index contributed by atoms with van der Waals surface area (Å²) in [7, 11) is 0. The van der Waals surface area contributed by atoms with Crippen molar-refractivity contribution < 1.29 is 9.47 Å². The van der Waals surface area contributed by atoms with Crippen molar-refractivity contribution in [2.75, 3.05) is 13.2 Å². The van der Waals surface area contributed by atoms with Gasteiger partial charge in [0.05, 0.1) is 12.7 Å². The Morgan fingerprint density at radius 2 is 2.04 bits per heavy atom. The van der Waals surface area contributed by atoms with Gasteiger partial charge in [-0.1, -0.05) is 23.4 Å². The summed E-state index contributed by atoms with van der Waals surface area (Å²) in [6.45, 7) is 6.64. The van der Waals surface area contributed by atoms with Crippen molar-refractivity contribution in [2.45, 2.75) is 45.7 Å². The van der Waals surface area contributed by atoms with Crippen LogP contribution in [0, 0.1) is 0 Å². The van der Waals surface area contributed by atoms with Crippen molar-refractivity contribution in [3.05, 3.63) is 47.4 Å². The SMILES string of the molecule is CCOC(OCC)c1cn(C[C@@H]2Cc3c([nH]c4ccccc34)CN2)nn1. The van der Waals surface area contributed by atoms with Crippen LogP contribution in [0.25, 0.3) is 10.9 Å². The fourth-order valence-corrected chi connectivity index (χ4v) is 3.59. The molecule has 1 aliphatic rings. The largest absolute Gasteiger partial charge is 0.357 e. The molecule has 0 saturated heterocycles. The molecule has 3 aromatic rings. The number of nitrogens with one attached hydrogen (secondary N) is 2. The molecule has 3 heterocycles. The molecule has 0 spiro atoms. The lowest BCUT2D eigenvalue weighted by Crippen LogP contribution is -2.38. The maximum Gasteiger partial charge on any atom is 0.204 e. The van der Waals surface area contributed by atoms with Crippen molar-refractivity contribution in [2.24, 2.45) is 0 Å². The van der Waals surface area contributed by atoms with E-state index in [0.29, 0.717) is 19.3 Å². The molecule has 0 radical (unpaired) electrons. The van der Waals surface area contributed by atoms with E-state index >= 15 is 0 Å². The number of aromatic amines is 1. The average molecular weight is 355 g/mol. The molecule has 1 aromatic carbocycles. The number of benzene rings is 1.